The number of aromatic nitrogens is 4. The van der Waals surface area contributed by atoms with Gasteiger partial charge in [0.1, 0.15) is 0 Å². The average Bonchev–Trinajstić information content (AvgIpc) is 3.07. The molecule has 0 bridgehead atoms. The van der Waals surface area contributed by atoms with Gasteiger partial charge in [-0.1, -0.05) is 30.7 Å². The fourth-order valence-electron chi connectivity index (χ4n) is 3.92. The molecule has 0 saturated carbocycles. The van der Waals surface area contributed by atoms with Crippen LogP contribution in [0.15, 0.2) is 33.9 Å². The molecule has 0 spiro atoms. The summed E-state index contributed by atoms with van der Waals surface area (Å²) in [5.41, 5.74) is 0.878. The zero-order chi connectivity index (χ0) is 20.5. The lowest BCUT2D eigenvalue weighted by Crippen LogP contribution is -2.47. The van der Waals surface area contributed by atoms with Gasteiger partial charge in [-0.15, -0.1) is 0 Å². The minimum absolute atomic E-state index is 0.395. The molecule has 8 nitrogen and oxygen atoms in total. The number of hydrogen-bond donors (Lipinski definition) is 1. The van der Waals surface area contributed by atoms with Crippen LogP contribution in [0.1, 0.15) is 18.9 Å². The molecule has 1 aliphatic rings. The van der Waals surface area contributed by atoms with Crippen LogP contribution in [0.4, 0.5) is 5.95 Å². The van der Waals surface area contributed by atoms with E-state index in [0.29, 0.717) is 28.7 Å². The molecule has 1 aliphatic heterocycles. The van der Waals surface area contributed by atoms with Gasteiger partial charge >= 0.3 is 5.69 Å². The first-order valence-corrected chi connectivity index (χ1v) is 10.3. The monoisotopic (exact) mass is 416 g/mol. The summed E-state index contributed by atoms with van der Waals surface area (Å²) in [5, 5.41) is 0.642. The molecule has 0 atom stereocenters. The third-order valence-electron chi connectivity index (χ3n) is 5.41. The van der Waals surface area contributed by atoms with Crippen LogP contribution in [0.2, 0.25) is 5.02 Å². The Morgan fingerprint density at radius 1 is 1.17 bits per heavy atom. The summed E-state index contributed by atoms with van der Waals surface area (Å²) in [5.74, 6) is 0.711. The Morgan fingerprint density at radius 2 is 1.93 bits per heavy atom. The SMILES string of the molecule is CCCN1CCN(c2nc3c(c(=O)[nH]c(=O)n3C)n2Cc2cccc(Cl)c2)CC1. The number of aromatic amines is 1. The van der Waals surface area contributed by atoms with Gasteiger partial charge in [0.25, 0.3) is 5.56 Å². The van der Waals surface area contributed by atoms with Gasteiger partial charge < -0.3 is 4.90 Å². The largest absolute Gasteiger partial charge is 0.340 e. The van der Waals surface area contributed by atoms with Gasteiger partial charge in [0, 0.05) is 38.2 Å². The maximum Gasteiger partial charge on any atom is 0.329 e. The number of hydrogen-bond acceptors (Lipinski definition) is 5. The molecule has 1 N–H and O–H groups in total. The molecule has 0 unspecified atom stereocenters. The van der Waals surface area contributed by atoms with Gasteiger partial charge in [0.15, 0.2) is 11.2 Å². The summed E-state index contributed by atoms with van der Waals surface area (Å²) < 4.78 is 3.29. The van der Waals surface area contributed by atoms with Gasteiger partial charge in [0.05, 0.1) is 6.54 Å². The Labute approximate surface area is 173 Å². The minimum Gasteiger partial charge on any atom is -0.340 e. The van der Waals surface area contributed by atoms with Crippen LogP contribution in [0.3, 0.4) is 0 Å². The molecule has 0 amide bonds. The second kappa shape index (κ2) is 8.04. The first kappa shape index (κ1) is 19.7. The summed E-state index contributed by atoms with van der Waals surface area (Å²) in [4.78, 5) is 36.5. The van der Waals surface area contributed by atoms with Crippen molar-refractivity contribution < 1.29 is 0 Å². The second-order valence-electron chi connectivity index (χ2n) is 7.45. The molecule has 1 aromatic carbocycles. The Kier molecular flexibility index (Phi) is 5.47. The van der Waals surface area contributed by atoms with E-state index in [1.54, 1.807) is 7.05 Å². The first-order chi connectivity index (χ1) is 14.0. The van der Waals surface area contributed by atoms with E-state index in [4.69, 9.17) is 16.6 Å². The van der Waals surface area contributed by atoms with Crippen LogP contribution < -0.4 is 16.1 Å². The maximum absolute atomic E-state index is 12.7. The molecule has 4 rings (SSSR count). The zero-order valence-corrected chi connectivity index (χ0v) is 17.4. The van der Waals surface area contributed by atoms with E-state index >= 15 is 0 Å². The third-order valence-corrected chi connectivity index (χ3v) is 5.65. The van der Waals surface area contributed by atoms with Crippen molar-refractivity contribution in [3.63, 3.8) is 0 Å². The van der Waals surface area contributed by atoms with Crippen LogP contribution in [0.5, 0.6) is 0 Å². The van der Waals surface area contributed by atoms with Crippen molar-refractivity contribution in [1.82, 2.24) is 24.0 Å². The van der Waals surface area contributed by atoms with Crippen LogP contribution in [0, 0.1) is 0 Å². The standard InChI is InChI=1S/C20H25ClN6O2/c1-3-7-25-8-10-26(11-9-25)19-22-17-16(18(28)23-20(29)24(17)2)27(19)13-14-5-4-6-15(21)12-14/h4-6,12H,3,7-11,13H2,1-2H3,(H,23,28,29). The number of aryl methyl sites for hydroxylation is 1. The number of H-pyrrole nitrogens is 1. The van der Waals surface area contributed by atoms with Gasteiger partial charge in [-0.2, -0.15) is 4.98 Å². The normalized spacial score (nSPS) is 15.3. The summed E-state index contributed by atoms with van der Waals surface area (Å²) in [7, 11) is 1.63. The lowest BCUT2D eigenvalue weighted by atomic mass is 10.2. The Balaban J connectivity index is 1.80. The highest BCUT2D eigenvalue weighted by Gasteiger charge is 2.24. The average molecular weight is 417 g/mol. The highest BCUT2D eigenvalue weighted by Crippen LogP contribution is 2.23. The summed E-state index contributed by atoms with van der Waals surface area (Å²) >= 11 is 6.16. The van der Waals surface area contributed by atoms with Crippen LogP contribution in [0.25, 0.3) is 11.2 Å². The minimum atomic E-state index is -0.464. The number of imidazole rings is 1. The summed E-state index contributed by atoms with van der Waals surface area (Å²) in [6.45, 7) is 7.26. The van der Waals surface area contributed by atoms with Crippen LogP contribution in [-0.4, -0.2) is 56.7 Å². The lowest BCUT2D eigenvalue weighted by molar-refractivity contribution is 0.257. The summed E-state index contributed by atoms with van der Waals surface area (Å²) in [6, 6.07) is 7.56. The smallest absolute Gasteiger partial charge is 0.329 e. The Hall–Kier alpha value is -2.58. The third kappa shape index (κ3) is 3.82. The van der Waals surface area contributed by atoms with Crippen molar-refractivity contribution in [2.75, 3.05) is 37.6 Å². The highest BCUT2D eigenvalue weighted by molar-refractivity contribution is 6.30. The second-order valence-corrected chi connectivity index (χ2v) is 7.88. The van der Waals surface area contributed by atoms with Crippen molar-refractivity contribution in [3.8, 4) is 0 Å². The Morgan fingerprint density at radius 3 is 2.62 bits per heavy atom. The molecule has 29 heavy (non-hydrogen) atoms. The molecule has 1 saturated heterocycles. The number of fused-ring (bicyclic) bond motifs is 1. The van der Waals surface area contributed by atoms with E-state index in [0.717, 1.165) is 44.7 Å². The first-order valence-electron chi connectivity index (χ1n) is 9.89. The molecular weight excluding hydrogens is 392 g/mol. The van der Waals surface area contributed by atoms with E-state index in [9.17, 15) is 9.59 Å². The van der Waals surface area contributed by atoms with Crippen molar-refractivity contribution in [2.24, 2.45) is 7.05 Å². The van der Waals surface area contributed by atoms with Crippen molar-refractivity contribution in [2.45, 2.75) is 19.9 Å². The fourth-order valence-corrected chi connectivity index (χ4v) is 4.13. The quantitative estimate of drug-likeness (QED) is 0.684. The van der Waals surface area contributed by atoms with E-state index in [1.807, 2.05) is 28.8 Å². The van der Waals surface area contributed by atoms with E-state index in [2.05, 4.69) is 21.7 Å². The van der Waals surface area contributed by atoms with E-state index in [1.165, 1.54) is 4.57 Å². The number of benzene rings is 1. The van der Waals surface area contributed by atoms with E-state index in [-0.39, 0.29) is 0 Å². The van der Waals surface area contributed by atoms with Gasteiger partial charge in [-0.3, -0.25) is 23.8 Å². The molecule has 2 aromatic heterocycles. The number of halogens is 1. The predicted octanol–water partition coefficient (Wildman–Crippen LogP) is 1.66. The van der Waals surface area contributed by atoms with Crippen molar-refractivity contribution >= 4 is 28.7 Å². The number of rotatable bonds is 5. The van der Waals surface area contributed by atoms with Crippen molar-refractivity contribution in [3.05, 3.63) is 55.7 Å². The predicted molar refractivity (Wildman–Crippen MR) is 115 cm³/mol. The number of anilines is 1. The molecular formula is C20H25ClN6O2. The molecule has 9 heteroatoms. The van der Waals surface area contributed by atoms with Crippen LogP contribution >= 0.6 is 11.6 Å². The molecule has 3 heterocycles. The zero-order valence-electron chi connectivity index (χ0n) is 16.7. The molecule has 1 fully saturated rings. The van der Waals surface area contributed by atoms with Crippen LogP contribution in [-0.2, 0) is 13.6 Å². The van der Waals surface area contributed by atoms with E-state index < -0.39 is 11.2 Å². The highest BCUT2D eigenvalue weighted by atomic mass is 35.5. The molecule has 0 aliphatic carbocycles. The maximum atomic E-state index is 12.7. The topological polar surface area (TPSA) is 79.2 Å². The number of piperazine rings is 1. The number of nitrogens with one attached hydrogen (secondary N) is 1. The van der Waals surface area contributed by atoms with Gasteiger partial charge in [-0.25, -0.2) is 4.79 Å². The van der Waals surface area contributed by atoms with Gasteiger partial charge in [0.2, 0.25) is 5.95 Å². The number of nitrogens with zero attached hydrogens (tertiary/aromatic N) is 5. The molecule has 154 valence electrons. The lowest BCUT2D eigenvalue weighted by Gasteiger charge is -2.35. The fraction of sp³-hybridized carbons (Fsp3) is 0.450. The Bertz CT molecular complexity index is 1140. The van der Waals surface area contributed by atoms with Crippen molar-refractivity contribution in [1.29, 1.82) is 0 Å². The summed E-state index contributed by atoms with van der Waals surface area (Å²) in [6.07, 6.45) is 1.13. The molecule has 0 radical (unpaired) electrons. The van der Waals surface area contributed by atoms with Gasteiger partial charge in [-0.05, 0) is 30.7 Å². The molecule has 3 aromatic rings.